The van der Waals surface area contributed by atoms with Crippen LogP contribution in [0.2, 0.25) is 0 Å². The molecule has 3 heteroatoms. The maximum atomic E-state index is 12.2. The van der Waals surface area contributed by atoms with E-state index in [0.717, 1.165) is 29.5 Å². The number of aryl methyl sites for hydroxylation is 1. The van der Waals surface area contributed by atoms with E-state index in [4.69, 9.17) is 4.74 Å². The Balaban J connectivity index is 2.31. The van der Waals surface area contributed by atoms with Crippen molar-refractivity contribution < 1.29 is 14.6 Å². The molecule has 0 aromatic heterocycles. The van der Waals surface area contributed by atoms with E-state index >= 15 is 0 Å². The zero-order valence-corrected chi connectivity index (χ0v) is 21.2. The molecule has 0 saturated carbocycles. The molecule has 1 N–H and O–H groups in total. The number of hydrogen-bond donors (Lipinski definition) is 1. The first-order valence-corrected chi connectivity index (χ1v) is 12.7. The molecule has 178 valence electrons. The lowest BCUT2D eigenvalue weighted by atomic mass is 9.82. The molecular weight excluding hydrogens is 384 g/mol. The largest absolute Gasteiger partial charge is 0.507 e. The fourth-order valence-electron chi connectivity index (χ4n) is 3.97. The van der Waals surface area contributed by atoms with Gasteiger partial charge in [-0.2, -0.15) is 0 Å². The van der Waals surface area contributed by atoms with Crippen LogP contribution in [0.3, 0.4) is 0 Å². The van der Waals surface area contributed by atoms with Crippen LogP contribution in [-0.4, -0.2) is 17.7 Å². The second kappa shape index (κ2) is 14.5. The maximum Gasteiger partial charge on any atom is 0.306 e. The number of phenolic OH excluding ortho intramolecular Hbond substituents is 1. The lowest BCUT2D eigenvalue weighted by molar-refractivity contribution is -0.143. The molecule has 0 radical (unpaired) electrons. The molecule has 0 aliphatic rings. The first kappa shape index (κ1) is 27.5. The molecule has 31 heavy (non-hydrogen) atoms. The molecule has 0 aliphatic heterocycles. The normalized spacial score (nSPS) is 11.8. The summed E-state index contributed by atoms with van der Waals surface area (Å²) in [5.41, 5.74) is 2.87. The number of carbonyl (C=O) groups excluding carboxylic acids is 1. The van der Waals surface area contributed by atoms with E-state index in [0.29, 0.717) is 25.2 Å². The quantitative estimate of drug-likeness (QED) is 0.224. The van der Waals surface area contributed by atoms with Gasteiger partial charge in [0.2, 0.25) is 0 Å². The molecule has 0 aliphatic carbocycles. The Hall–Kier alpha value is -1.51. The van der Waals surface area contributed by atoms with Gasteiger partial charge in [-0.1, -0.05) is 111 Å². The molecule has 0 bridgehead atoms. The minimum Gasteiger partial charge on any atom is -0.507 e. The Morgan fingerprint density at radius 1 is 0.935 bits per heavy atom. The Labute approximate surface area is 192 Å². The first-order valence-electron chi connectivity index (χ1n) is 12.7. The van der Waals surface area contributed by atoms with Crippen molar-refractivity contribution in [2.45, 2.75) is 130 Å². The van der Waals surface area contributed by atoms with E-state index in [9.17, 15) is 9.90 Å². The highest BCUT2D eigenvalue weighted by atomic mass is 16.5. The van der Waals surface area contributed by atoms with Gasteiger partial charge in [-0.3, -0.25) is 4.79 Å². The van der Waals surface area contributed by atoms with Gasteiger partial charge in [0, 0.05) is 6.42 Å². The number of ether oxygens (including phenoxy) is 1. The standard InChI is InChI=1S/C28H48O3/c1-7-8-9-10-11-12-13-14-15-16-19-31-26(29)18-17-23-20-24(22(2)3)27(30)25(21-23)28(4,5)6/h20-22,30H,7-19H2,1-6H3. The van der Waals surface area contributed by atoms with Crippen LogP contribution in [0, 0.1) is 0 Å². The number of phenols is 1. The molecule has 3 nitrogen and oxygen atoms in total. The second-order valence-electron chi connectivity index (χ2n) is 10.4. The smallest absolute Gasteiger partial charge is 0.306 e. The fraction of sp³-hybridized carbons (Fsp3) is 0.750. The highest BCUT2D eigenvalue weighted by Crippen LogP contribution is 2.37. The Morgan fingerprint density at radius 3 is 2.00 bits per heavy atom. The molecular formula is C28H48O3. The van der Waals surface area contributed by atoms with Crippen molar-refractivity contribution in [3.63, 3.8) is 0 Å². The van der Waals surface area contributed by atoms with Crippen LogP contribution in [0.25, 0.3) is 0 Å². The molecule has 0 spiro atoms. The van der Waals surface area contributed by atoms with Gasteiger partial charge in [0.25, 0.3) is 0 Å². The summed E-state index contributed by atoms with van der Waals surface area (Å²) in [6.45, 7) is 13.3. The molecule has 0 heterocycles. The first-order chi connectivity index (χ1) is 14.7. The minimum atomic E-state index is -0.139. The van der Waals surface area contributed by atoms with Crippen LogP contribution in [0.1, 0.15) is 135 Å². The minimum absolute atomic E-state index is 0.118. The van der Waals surface area contributed by atoms with Crippen LogP contribution in [0.4, 0.5) is 0 Å². The third kappa shape index (κ3) is 11.1. The zero-order valence-electron chi connectivity index (χ0n) is 21.2. The summed E-state index contributed by atoms with van der Waals surface area (Å²) in [6.07, 6.45) is 13.8. The van der Waals surface area contributed by atoms with E-state index in [1.807, 2.05) is 6.07 Å². The van der Waals surface area contributed by atoms with Crippen LogP contribution >= 0.6 is 0 Å². The Bertz CT molecular complexity index is 640. The summed E-state index contributed by atoms with van der Waals surface area (Å²) >= 11 is 0. The highest BCUT2D eigenvalue weighted by molar-refractivity contribution is 5.69. The van der Waals surface area contributed by atoms with Gasteiger partial charge in [0.15, 0.2) is 0 Å². The van der Waals surface area contributed by atoms with E-state index in [1.165, 1.54) is 51.4 Å². The van der Waals surface area contributed by atoms with Crippen molar-refractivity contribution in [2.24, 2.45) is 0 Å². The lowest BCUT2D eigenvalue weighted by Gasteiger charge is -2.24. The molecule has 0 unspecified atom stereocenters. The van der Waals surface area contributed by atoms with Gasteiger partial charge >= 0.3 is 5.97 Å². The Kier molecular flexibility index (Phi) is 12.9. The number of benzene rings is 1. The molecule has 0 atom stereocenters. The van der Waals surface area contributed by atoms with Crippen molar-refractivity contribution in [1.29, 1.82) is 0 Å². The van der Waals surface area contributed by atoms with Crippen molar-refractivity contribution in [3.05, 3.63) is 28.8 Å². The fourth-order valence-corrected chi connectivity index (χ4v) is 3.97. The molecule has 0 fully saturated rings. The molecule has 0 saturated heterocycles. The topological polar surface area (TPSA) is 46.5 Å². The Morgan fingerprint density at radius 2 is 1.48 bits per heavy atom. The summed E-state index contributed by atoms with van der Waals surface area (Å²) in [4.78, 5) is 12.2. The predicted molar refractivity (Wildman–Crippen MR) is 132 cm³/mol. The average Bonchev–Trinajstić information content (AvgIpc) is 2.70. The van der Waals surface area contributed by atoms with Gasteiger partial charge in [0.05, 0.1) is 6.61 Å². The van der Waals surface area contributed by atoms with Gasteiger partial charge in [-0.25, -0.2) is 0 Å². The van der Waals surface area contributed by atoms with Gasteiger partial charge in [0.1, 0.15) is 5.75 Å². The third-order valence-electron chi connectivity index (χ3n) is 6.01. The van der Waals surface area contributed by atoms with Gasteiger partial charge in [-0.05, 0) is 40.9 Å². The lowest BCUT2D eigenvalue weighted by Crippen LogP contribution is -2.14. The molecule has 1 aromatic carbocycles. The van der Waals surface area contributed by atoms with Crippen LogP contribution in [0.5, 0.6) is 5.75 Å². The van der Waals surface area contributed by atoms with Crippen LogP contribution in [-0.2, 0) is 21.4 Å². The summed E-state index contributed by atoms with van der Waals surface area (Å²) in [7, 11) is 0. The van der Waals surface area contributed by atoms with Crippen molar-refractivity contribution in [1.82, 2.24) is 0 Å². The predicted octanol–water partition coefficient (Wildman–Crippen LogP) is 8.21. The molecule has 0 amide bonds. The number of aromatic hydroxyl groups is 1. The van der Waals surface area contributed by atoms with E-state index < -0.39 is 0 Å². The SMILES string of the molecule is CCCCCCCCCCCCOC(=O)CCc1cc(C(C)C)c(O)c(C(C)(C)C)c1. The van der Waals surface area contributed by atoms with Crippen molar-refractivity contribution in [3.8, 4) is 5.75 Å². The third-order valence-corrected chi connectivity index (χ3v) is 6.01. The van der Waals surface area contributed by atoms with Gasteiger partial charge < -0.3 is 9.84 Å². The van der Waals surface area contributed by atoms with E-state index in [-0.39, 0.29) is 17.3 Å². The zero-order chi connectivity index (χ0) is 23.3. The van der Waals surface area contributed by atoms with Crippen LogP contribution in [0.15, 0.2) is 12.1 Å². The monoisotopic (exact) mass is 432 g/mol. The number of rotatable bonds is 15. The van der Waals surface area contributed by atoms with E-state index in [1.54, 1.807) is 0 Å². The number of carbonyl (C=O) groups is 1. The second-order valence-corrected chi connectivity index (χ2v) is 10.4. The maximum absolute atomic E-state index is 12.2. The number of hydrogen-bond acceptors (Lipinski definition) is 3. The van der Waals surface area contributed by atoms with Crippen LogP contribution < -0.4 is 0 Å². The summed E-state index contributed by atoms with van der Waals surface area (Å²) in [5, 5.41) is 10.7. The summed E-state index contributed by atoms with van der Waals surface area (Å²) < 4.78 is 5.45. The molecule has 1 rings (SSSR count). The summed E-state index contributed by atoms with van der Waals surface area (Å²) in [6, 6.07) is 4.10. The van der Waals surface area contributed by atoms with Crippen molar-refractivity contribution in [2.75, 3.05) is 6.61 Å². The van der Waals surface area contributed by atoms with E-state index in [2.05, 4.69) is 47.6 Å². The number of unbranched alkanes of at least 4 members (excludes halogenated alkanes) is 9. The number of esters is 1. The highest BCUT2D eigenvalue weighted by Gasteiger charge is 2.22. The summed E-state index contributed by atoms with van der Waals surface area (Å²) in [5.74, 6) is 0.520. The molecule has 1 aromatic rings. The average molecular weight is 433 g/mol. The van der Waals surface area contributed by atoms with Crippen molar-refractivity contribution >= 4 is 5.97 Å². The van der Waals surface area contributed by atoms with Gasteiger partial charge in [-0.15, -0.1) is 0 Å².